The molecule has 1 saturated heterocycles. The first-order chi connectivity index (χ1) is 10.0. The van der Waals surface area contributed by atoms with Crippen LogP contribution in [0.4, 0.5) is 0 Å². The second kappa shape index (κ2) is 5.68. The Morgan fingerprint density at radius 2 is 2.14 bits per heavy atom. The first kappa shape index (κ1) is 14.4. The number of aryl methyl sites for hydroxylation is 1. The molecule has 1 aliphatic heterocycles. The number of nitrogens with zero attached hydrogens (tertiary/aromatic N) is 2. The van der Waals surface area contributed by atoms with Gasteiger partial charge in [-0.2, -0.15) is 0 Å². The van der Waals surface area contributed by atoms with Gasteiger partial charge < -0.3 is 9.88 Å². The van der Waals surface area contributed by atoms with Crippen LogP contribution in [0.3, 0.4) is 0 Å². The van der Waals surface area contributed by atoms with Crippen molar-refractivity contribution in [1.82, 2.24) is 14.9 Å². The summed E-state index contributed by atoms with van der Waals surface area (Å²) < 4.78 is 0. The number of fused-ring (bicyclic) bond motifs is 1. The smallest absolute Gasteiger partial charge is 0.240 e. The number of aromatic amines is 1. The van der Waals surface area contributed by atoms with Crippen molar-refractivity contribution in [3.63, 3.8) is 0 Å². The van der Waals surface area contributed by atoms with E-state index in [-0.39, 0.29) is 5.91 Å². The van der Waals surface area contributed by atoms with Gasteiger partial charge in [0.15, 0.2) is 0 Å². The lowest BCUT2D eigenvalue weighted by Gasteiger charge is -2.31. The van der Waals surface area contributed by atoms with Crippen molar-refractivity contribution >= 4 is 28.5 Å². The minimum Gasteiger partial charge on any atom is -0.342 e. The normalized spacial score (nSPS) is 18.1. The van der Waals surface area contributed by atoms with Crippen molar-refractivity contribution in [1.29, 1.82) is 0 Å². The van der Waals surface area contributed by atoms with Crippen molar-refractivity contribution < 1.29 is 4.79 Å². The van der Waals surface area contributed by atoms with Gasteiger partial charge in [0.25, 0.3) is 0 Å². The second-order valence-electron chi connectivity index (χ2n) is 5.86. The topological polar surface area (TPSA) is 49.0 Å². The zero-order chi connectivity index (χ0) is 15.0. The Morgan fingerprint density at radius 1 is 1.43 bits per heavy atom. The van der Waals surface area contributed by atoms with E-state index >= 15 is 0 Å². The largest absolute Gasteiger partial charge is 0.342 e. The van der Waals surface area contributed by atoms with E-state index in [1.807, 2.05) is 4.90 Å². The molecule has 0 radical (unpaired) electrons. The number of H-pyrrole nitrogens is 1. The Bertz CT molecular complexity index is 657. The van der Waals surface area contributed by atoms with E-state index in [1.54, 1.807) is 6.92 Å². The molecule has 0 bridgehead atoms. The number of carbonyl (C=O) groups is 1. The Kier molecular flexibility index (Phi) is 3.89. The molecule has 21 heavy (non-hydrogen) atoms. The van der Waals surface area contributed by atoms with Gasteiger partial charge in [-0.05, 0) is 44.4 Å². The lowest BCUT2D eigenvalue weighted by atomic mass is 9.96. The Labute approximate surface area is 129 Å². The second-order valence-corrected chi connectivity index (χ2v) is 6.51. The first-order valence-corrected chi connectivity index (χ1v) is 7.87. The monoisotopic (exact) mass is 305 g/mol. The summed E-state index contributed by atoms with van der Waals surface area (Å²) in [5, 5.41) is -0.435. The third kappa shape index (κ3) is 2.91. The van der Waals surface area contributed by atoms with Gasteiger partial charge in [0.2, 0.25) is 5.91 Å². The number of hydrogen-bond acceptors (Lipinski definition) is 2. The molecule has 1 unspecified atom stereocenters. The molecule has 1 aromatic heterocycles. The fourth-order valence-electron chi connectivity index (χ4n) is 2.96. The van der Waals surface area contributed by atoms with Gasteiger partial charge in [0.1, 0.15) is 11.2 Å². The standard InChI is InChI=1S/C16H20ClN3O/c1-10-3-4-13-14(9-10)19-15(18-13)12-5-7-20(8-6-12)16(21)11(2)17/h3-4,9,11-12H,5-8H2,1-2H3,(H,18,19). The molecule has 4 nitrogen and oxygen atoms in total. The van der Waals surface area contributed by atoms with E-state index in [1.165, 1.54) is 5.56 Å². The molecule has 0 aliphatic carbocycles. The van der Waals surface area contributed by atoms with E-state index in [0.717, 1.165) is 42.8 Å². The lowest BCUT2D eigenvalue weighted by Crippen LogP contribution is -2.41. The average Bonchev–Trinajstić information content (AvgIpc) is 2.89. The van der Waals surface area contributed by atoms with E-state index in [0.29, 0.717) is 5.92 Å². The molecule has 1 N–H and O–H groups in total. The molecule has 2 aromatic rings. The predicted octanol–water partition coefficient (Wildman–Crippen LogP) is 3.20. The van der Waals surface area contributed by atoms with Crippen molar-refractivity contribution in [3.05, 3.63) is 29.6 Å². The first-order valence-electron chi connectivity index (χ1n) is 7.43. The summed E-state index contributed by atoms with van der Waals surface area (Å²) in [6.45, 7) is 5.34. The van der Waals surface area contributed by atoms with E-state index in [4.69, 9.17) is 16.6 Å². The molecule has 0 saturated carbocycles. The van der Waals surface area contributed by atoms with Gasteiger partial charge in [-0.25, -0.2) is 4.98 Å². The number of rotatable bonds is 2. The summed E-state index contributed by atoms with van der Waals surface area (Å²) in [5.74, 6) is 1.48. The average molecular weight is 306 g/mol. The van der Waals surface area contributed by atoms with Crippen LogP contribution in [0.2, 0.25) is 0 Å². The summed E-state index contributed by atoms with van der Waals surface area (Å²) >= 11 is 5.87. The lowest BCUT2D eigenvalue weighted by molar-refractivity contribution is -0.131. The minimum absolute atomic E-state index is 0.0374. The zero-order valence-electron chi connectivity index (χ0n) is 12.4. The Morgan fingerprint density at radius 3 is 2.81 bits per heavy atom. The number of halogens is 1. The van der Waals surface area contributed by atoms with Gasteiger partial charge in [-0.3, -0.25) is 4.79 Å². The summed E-state index contributed by atoms with van der Waals surface area (Å²) in [5.41, 5.74) is 3.34. The van der Waals surface area contributed by atoms with Crippen molar-refractivity contribution in [2.75, 3.05) is 13.1 Å². The minimum atomic E-state index is -0.435. The Balaban J connectivity index is 1.72. The number of carbonyl (C=O) groups excluding carboxylic acids is 1. The van der Waals surface area contributed by atoms with Crippen molar-refractivity contribution in [2.24, 2.45) is 0 Å². The van der Waals surface area contributed by atoms with Crippen LogP contribution in [0, 0.1) is 6.92 Å². The van der Waals surface area contributed by atoms with Gasteiger partial charge in [0.05, 0.1) is 11.0 Å². The van der Waals surface area contributed by atoms with Crippen molar-refractivity contribution in [2.45, 2.75) is 38.0 Å². The van der Waals surface area contributed by atoms with Crippen LogP contribution in [0.1, 0.15) is 37.1 Å². The highest BCUT2D eigenvalue weighted by atomic mass is 35.5. The third-order valence-electron chi connectivity index (χ3n) is 4.19. The van der Waals surface area contributed by atoms with Crippen LogP contribution >= 0.6 is 11.6 Å². The molecule has 1 fully saturated rings. The van der Waals surface area contributed by atoms with Gasteiger partial charge in [-0.1, -0.05) is 6.07 Å². The summed E-state index contributed by atoms with van der Waals surface area (Å²) in [4.78, 5) is 21.9. The van der Waals surface area contributed by atoms with Gasteiger partial charge in [0, 0.05) is 19.0 Å². The van der Waals surface area contributed by atoms with Crippen LogP contribution in [0.15, 0.2) is 18.2 Å². The van der Waals surface area contributed by atoms with Gasteiger partial charge >= 0.3 is 0 Å². The maximum absolute atomic E-state index is 11.9. The Hall–Kier alpha value is -1.55. The quantitative estimate of drug-likeness (QED) is 0.866. The predicted molar refractivity (Wildman–Crippen MR) is 84.7 cm³/mol. The van der Waals surface area contributed by atoms with Crippen LogP contribution < -0.4 is 0 Å². The summed E-state index contributed by atoms with van der Waals surface area (Å²) in [7, 11) is 0. The molecular weight excluding hydrogens is 286 g/mol. The molecule has 1 aromatic carbocycles. The van der Waals surface area contributed by atoms with Crippen LogP contribution in [-0.2, 0) is 4.79 Å². The van der Waals surface area contributed by atoms with E-state index in [9.17, 15) is 4.79 Å². The number of piperidine rings is 1. The number of alkyl halides is 1. The molecular formula is C16H20ClN3O. The maximum atomic E-state index is 11.9. The molecule has 0 spiro atoms. The molecule has 1 atom stereocenters. The van der Waals surface area contributed by atoms with Crippen LogP contribution in [-0.4, -0.2) is 39.2 Å². The van der Waals surface area contributed by atoms with E-state index in [2.05, 4.69) is 30.1 Å². The number of benzene rings is 1. The number of nitrogens with one attached hydrogen (secondary N) is 1. The number of likely N-dealkylation sites (tertiary alicyclic amines) is 1. The number of imidazole rings is 1. The molecule has 3 rings (SSSR count). The van der Waals surface area contributed by atoms with Crippen molar-refractivity contribution in [3.8, 4) is 0 Å². The third-order valence-corrected chi connectivity index (χ3v) is 4.38. The van der Waals surface area contributed by atoms with E-state index < -0.39 is 5.38 Å². The highest BCUT2D eigenvalue weighted by Gasteiger charge is 2.27. The number of amides is 1. The summed E-state index contributed by atoms with van der Waals surface area (Å²) in [6, 6.07) is 6.26. The summed E-state index contributed by atoms with van der Waals surface area (Å²) in [6.07, 6.45) is 1.88. The maximum Gasteiger partial charge on any atom is 0.240 e. The highest BCUT2D eigenvalue weighted by Crippen LogP contribution is 2.28. The van der Waals surface area contributed by atoms with Crippen LogP contribution in [0.5, 0.6) is 0 Å². The highest BCUT2D eigenvalue weighted by molar-refractivity contribution is 6.30. The fraction of sp³-hybridized carbons (Fsp3) is 0.500. The zero-order valence-corrected chi connectivity index (χ0v) is 13.2. The molecule has 1 amide bonds. The van der Waals surface area contributed by atoms with Crippen LogP contribution in [0.25, 0.3) is 11.0 Å². The number of hydrogen-bond donors (Lipinski definition) is 1. The number of aromatic nitrogens is 2. The fourth-order valence-corrected chi connectivity index (χ4v) is 3.10. The molecule has 1 aliphatic rings. The molecule has 5 heteroatoms. The SMILES string of the molecule is Cc1ccc2nc(C3CCN(C(=O)C(C)Cl)CC3)[nH]c2c1. The molecule has 112 valence electrons. The van der Waals surface area contributed by atoms with Gasteiger partial charge in [-0.15, -0.1) is 11.6 Å². The molecule has 2 heterocycles.